The average Bonchev–Trinajstić information content (AvgIpc) is 3.84. The molecule has 2 fully saturated rings. The predicted octanol–water partition coefficient (Wildman–Crippen LogP) is 4.37. The van der Waals surface area contributed by atoms with Crippen molar-refractivity contribution in [1.29, 1.82) is 0 Å². The third kappa shape index (κ3) is 7.59. The molecule has 226 valence electrons. The molecule has 43 heavy (non-hydrogen) atoms. The number of carbonyl (C=O) groups is 3. The number of anilines is 2. The number of hydrogen-bond acceptors (Lipinski definition) is 7. The topological polar surface area (TPSA) is 115 Å². The first-order valence-corrected chi connectivity index (χ1v) is 15.0. The number of amides is 2. The summed E-state index contributed by atoms with van der Waals surface area (Å²) in [6.07, 6.45) is 6.23. The molecule has 1 aromatic heterocycles. The lowest BCUT2D eigenvalue weighted by Crippen LogP contribution is -2.40. The SMILES string of the molecule is C[C@H](C=O)N(Cc1cccc(C(=O)NCC2CC(O)C2)c1)C(=O)c1ccc(-c2ccnc(NCC3CC3)c2)cc1N(C)C. The maximum absolute atomic E-state index is 14.0. The van der Waals surface area contributed by atoms with Crippen molar-refractivity contribution in [2.75, 3.05) is 37.4 Å². The van der Waals surface area contributed by atoms with Crippen LogP contribution in [0.15, 0.2) is 60.8 Å². The Balaban J connectivity index is 1.34. The number of carbonyl (C=O) groups excluding carboxylic acids is 3. The van der Waals surface area contributed by atoms with Gasteiger partial charge in [-0.3, -0.25) is 9.59 Å². The van der Waals surface area contributed by atoms with Gasteiger partial charge in [0.05, 0.1) is 17.7 Å². The number of hydrogen-bond donors (Lipinski definition) is 3. The molecule has 2 aromatic carbocycles. The fourth-order valence-electron chi connectivity index (χ4n) is 5.38. The highest BCUT2D eigenvalue weighted by atomic mass is 16.3. The lowest BCUT2D eigenvalue weighted by atomic mass is 9.82. The van der Waals surface area contributed by atoms with Crippen LogP contribution in [-0.2, 0) is 11.3 Å². The van der Waals surface area contributed by atoms with Gasteiger partial charge in [0.2, 0.25) is 0 Å². The fraction of sp³-hybridized carbons (Fsp3) is 0.412. The molecule has 2 saturated carbocycles. The van der Waals surface area contributed by atoms with E-state index < -0.39 is 6.04 Å². The minimum atomic E-state index is -0.676. The van der Waals surface area contributed by atoms with Gasteiger partial charge < -0.3 is 30.3 Å². The third-order valence-electron chi connectivity index (χ3n) is 8.33. The molecule has 0 unspecified atom stereocenters. The van der Waals surface area contributed by atoms with Crippen molar-refractivity contribution >= 4 is 29.6 Å². The van der Waals surface area contributed by atoms with Crippen LogP contribution in [0.1, 0.15) is 58.9 Å². The first-order valence-electron chi connectivity index (χ1n) is 15.0. The minimum absolute atomic E-state index is 0.170. The molecule has 0 bridgehead atoms. The summed E-state index contributed by atoms with van der Waals surface area (Å²) >= 11 is 0. The van der Waals surface area contributed by atoms with E-state index in [2.05, 4.69) is 15.6 Å². The monoisotopic (exact) mass is 583 g/mol. The fourth-order valence-corrected chi connectivity index (χ4v) is 5.38. The molecule has 0 radical (unpaired) electrons. The highest BCUT2D eigenvalue weighted by Gasteiger charge is 2.28. The lowest BCUT2D eigenvalue weighted by molar-refractivity contribution is -0.111. The molecule has 9 heteroatoms. The van der Waals surface area contributed by atoms with Crippen LogP contribution in [-0.4, -0.2) is 72.4 Å². The van der Waals surface area contributed by atoms with E-state index >= 15 is 0 Å². The summed E-state index contributed by atoms with van der Waals surface area (Å²) in [6.45, 7) is 3.32. The highest BCUT2D eigenvalue weighted by molar-refractivity contribution is 6.01. The summed E-state index contributed by atoms with van der Waals surface area (Å²) in [7, 11) is 3.79. The van der Waals surface area contributed by atoms with Gasteiger partial charge in [-0.2, -0.15) is 0 Å². The molecule has 0 spiro atoms. The molecular weight excluding hydrogens is 542 g/mol. The maximum atomic E-state index is 14.0. The molecule has 9 nitrogen and oxygen atoms in total. The second-order valence-electron chi connectivity index (χ2n) is 12.1. The lowest BCUT2D eigenvalue weighted by Gasteiger charge is -2.31. The van der Waals surface area contributed by atoms with Gasteiger partial charge in [-0.05, 0) is 97.5 Å². The van der Waals surface area contributed by atoms with Crippen molar-refractivity contribution in [3.8, 4) is 11.1 Å². The van der Waals surface area contributed by atoms with Crippen LogP contribution in [0, 0.1) is 11.8 Å². The van der Waals surface area contributed by atoms with Gasteiger partial charge in [-0.1, -0.05) is 18.2 Å². The first-order chi connectivity index (χ1) is 20.7. The quantitative estimate of drug-likeness (QED) is 0.256. The van der Waals surface area contributed by atoms with E-state index in [-0.39, 0.29) is 24.5 Å². The third-order valence-corrected chi connectivity index (χ3v) is 8.33. The summed E-state index contributed by atoms with van der Waals surface area (Å²) in [5.74, 6) is 1.40. The predicted molar refractivity (Wildman–Crippen MR) is 168 cm³/mol. The largest absolute Gasteiger partial charge is 0.393 e. The Morgan fingerprint density at radius 3 is 2.49 bits per heavy atom. The second kappa shape index (κ2) is 13.4. The smallest absolute Gasteiger partial charge is 0.256 e. The number of aliphatic hydroxyl groups is 1. The van der Waals surface area contributed by atoms with E-state index in [0.717, 1.165) is 46.9 Å². The average molecular weight is 584 g/mol. The highest BCUT2D eigenvalue weighted by Crippen LogP contribution is 2.32. The molecule has 0 aliphatic heterocycles. The Bertz CT molecular complexity index is 1460. The van der Waals surface area contributed by atoms with Crippen molar-refractivity contribution in [2.24, 2.45) is 11.8 Å². The molecular formula is C34H41N5O4. The number of pyridine rings is 1. The van der Waals surface area contributed by atoms with Gasteiger partial charge >= 0.3 is 0 Å². The zero-order valence-corrected chi connectivity index (χ0v) is 25.1. The number of aldehydes is 1. The van der Waals surface area contributed by atoms with Gasteiger partial charge in [-0.25, -0.2) is 4.98 Å². The van der Waals surface area contributed by atoms with E-state index in [4.69, 9.17) is 0 Å². The van der Waals surface area contributed by atoms with Gasteiger partial charge in [0, 0.05) is 51.2 Å². The molecule has 0 saturated heterocycles. The molecule has 2 aliphatic carbocycles. The van der Waals surface area contributed by atoms with Crippen molar-refractivity contribution in [1.82, 2.24) is 15.2 Å². The summed E-state index contributed by atoms with van der Waals surface area (Å²) in [6, 6.07) is 16.2. The van der Waals surface area contributed by atoms with Crippen LogP contribution in [0.25, 0.3) is 11.1 Å². The van der Waals surface area contributed by atoms with Gasteiger partial charge in [0.1, 0.15) is 12.1 Å². The summed E-state index contributed by atoms with van der Waals surface area (Å²) in [5.41, 5.74) is 4.42. The van der Waals surface area contributed by atoms with Gasteiger partial charge in [0.25, 0.3) is 11.8 Å². The summed E-state index contributed by atoms with van der Waals surface area (Å²) in [5, 5.41) is 15.9. The number of rotatable bonds is 13. The van der Waals surface area contributed by atoms with Crippen LogP contribution in [0.5, 0.6) is 0 Å². The van der Waals surface area contributed by atoms with Crippen LogP contribution in [0.4, 0.5) is 11.5 Å². The van der Waals surface area contributed by atoms with Crippen molar-refractivity contribution in [2.45, 2.75) is 51.3 Å². The maximum Gasteiger partial charge on any atom is 0.256 e. The van der Waals surface area contributed by atoms with Crippen LogP contribution in [0.3, 0.4) is 0 Å². The molecule has 1 atom stereocenters. The van der Waals surface area contributed by atoms with Crippen molar-refractivity contribution < 1.29 is 19.5 Å². The number of aromatic nitrogens is 1. The molecule has 2 aliphatic rings. The first kappa shape index (κ1) is 30.2. The number of nitrogens with one attached hydrogen (secondary N) is 2. The van der Waals surface area contributed by atoms with E-state index in [1.807, 2.05) is 55.4 Å². The van der Waals surface area contributed by atoms with Crippen LogP contribution in [0.2, 0.25) is 0 Å². The minimum Gasteiger partial charge on any atom is -0.393 e. The Labute approximate surface area is 253 Å². The Morgan fingerprint density at radius 1 is 1.02 bits per heavy atom. The Morgan fingerprint density at radius 2 is 1.79 bits per heavy atom. The van der Waals surface area contributed by atoms with E-state index in [1.54, 1.807) is 31.3 Å². The van der Waals surface area contributed by atoms with E-state index in [0.29, 0.717) is 36.4 Å². The Kier molecular flexibility index (Phi) is 9.40. The second-order valence-corrected chi connectivity index (χ2v) is 12.1. The summed E-state index contributed by atoms with van der Waals surface area (Å²) in [4.78, 5) is 46.6. The number of aliphatic hydroxyl groups excluding tert-OH is 1. The molecule has 1 heterocycles. The summed E-state index contributed by atoms with van der Waals surface area (Å²) < 4.78 is 0. The molecule has 3 N–H and O–H groups in total. The molecule has 3 aromatic rings. The van der Waals surface area contributed by atoms with E-state index in [1.165, 1.54) is 17.7 Å². The van der Waals surface area contributed by atoms with Crippen LogP contribution >= 0.6 is 0 Å². The van der Waals surface area contributed by atoms with Crippen LogP contribution < -0.4 is 15.5 Å². The van der Waals surface area contributed by atoms with Gasteiger partial charge in [-0.15, -0.1) is 0 Å². The van der Waals surface area contributed by atoms with Crippen molar-refractivity contribution in [3.63, 3.8) is 0 Å². The van der Waals surface area contributed by atoms with Crippen molar-refractivity contribution in [3.05, 3.63) is 77.5 Å². The molecule has 5 rings (SSSR count). The number of benzene rings is 2. The van der Waals surface area contributed by atoms with E-state index in [9.17, 15) is 19.5 Å². The Hall–Kier alpha value is -4.24. The zero-order valence-electron chi connectivity index (χ0n) is 25.1. The standard InChI is InChI=1S/C34H41N5O4/c1-22(21-40)39(20-24-5-4-6-28(13-24)33(42)37-19-25-14-29(41)15-25)34(43)30-10-9-26(16-31(30)38(2)3)27-11-12-35-32(17-27)36-18-23-7-8-23/h4-6,9-13,16-17,21-23,25,29,41H,7-8,14-15,18-20H2,1-3H3,(H,35,36)(H,37,42)/t22-,25?,29?/m1/s1. The molecule has 2 amide bonds. The number of nitrogens with zero attached hydrogens (tertiary/aromatic N) is 3. The van der Waals surface area contributed by atoms with Gasteiger partial charge in [0.15, 0.2) is 0 Å². The normalized spacial score (nSPS) is 18.2. The zero-order chi connectivity index (χ0) is 30.5.